The number of benzene rings is 1. The number of hydrogen-bond acceptors (Lipinski definition) is 2. The first-order valence-electron chi connectivity index (χ1n) is 6.35. The fraction of sp³-hybridized carbons (Fsp3) is 0.467. The molecule has 1 heterocycles. The van der Waals surface area contributed by atoms with Crippen molar-refractivity contribution in [3.63, 3.8) is 0 Å². The molecule has 1 aromatic rings. The van der Waals surface area contributed by atoms with Gasteiger partial charge in [-0.15, -0.1) is 5.92 Å². The molecular formula is C15H20N2. The number of rotatable bonds is 4. The first-order chi connectivity index (χ1) is 8.42. The van der Waals surface area contributed by atoms with E-state index in [1.807, 2.05) is 6.92 Å². The van der Waals surface area contributed by atoms with Crippen LogP contribution >= 0.6 is 0 Å². The summed E-state index contributed by atoms with van der Waals surface area (Å²) in [6, 6.07) is 8.68. The van der Waals surface area contributed by atoms with E-state index in [0.29, 0.717) is 0 Å². The lowest BCUT2D eigenvalue weighted by Crippen LogP contribution is -2.21. The highest BCUT2D eigenvalue weighted by Crippen LogP contribution is 2.24. The number of para-hydroxylation sites is 1. The SMILES string of the molecule is CC#CCNCc1ccccc1N1CCCC1. The van der Waals surface area contributed by atoms with E-state index in [1.165, 1.54) is 37.2 Å². The van der Waals surface area contributed by atoms with Gasteiger partial charge in [0.05, 0.1) is 6.54 Å². The maximum atomic E-state index is 3.37. The monoisotopic (exact) mass is 228 g/mol. The predicted octanol–water partition coefficient (Wildman–Crippen LogP) is 2.40. The number of nitrogens with one attached hydrogen (secondary N) is 1. The van der Waals surface area contributed by atoms with Crippen LogP contribution in [0.2, 0.25) is 0 Å². The second-order valence-corrected chi connectivity index (χ2v) is 4.35. The largest absolute Gasteiger partial charge is 0.371 e. The Balaban J connectivity index is 2.01. The lowest BCUT2D eigenvalue weighted by molar-refractivity contribution is 0.765. The molecule has 90 valence electrons. The molecule has 1 saturated heterocycles. The molecule has 1 aliphatic heterocycles. The molecule has 0 aliphatic carbocycles. The van der Waals surface area contributed by atoms with Crippen LogP contribution in [0.1, 0.15) is 25.3 Å². The molecule has 1 aliphatic rings. The molecule has 2 rings (SSSR count). The standard InChI is InChI=1S/C15H20N2/c1-2-3-10-16-13-14-8-4-5-9-15(14)17-11-6-7-12-17/h4-5,8-9,16H,6-7,10-13H2,1H3. The predicted molar refractivity (Wildman–Crippen MR) is 73.0 cm³/mol. The third-order valence-corrected chi connectivity index (χ3v) is 3.14. The lowest BCUT2D eigenvalue weighted by Gasteiger charge is -2.21. The van der Waals surface area contributed by atoms with Gasteiger partial charge in [-0.05, 0) is 31.4 Å². The Bertz CT molecular complexity index is 408. The highest BCUT2D eigenvalue weighted by atomic mass is 15.1. The van der Waals surface area contributed by atoms with Crippen LogP contribution in [0.25, 0.3) is 0 Å². The van der Waals surface area contributed by atoms with Gasteiger partial charge in [-0.1, -0.05) is 24.1 Å². The van der Waals surface area contributed by atoms with Crippen LogP contribution in [-0.4, -0.2) is 19.6 Å². The number of nitrogens with zero attached hydrogens (tertiary/aromatic N) is 1. The number of hydrogen-bond donors (Lipinski definition) is 1. The molecule has 0 unspecified atom stereocenters. The van der Waals surface area contributed by atoms with Crippen molar-refractivity contribution in [2.75, 3.05) is 24.5 Å². The van der Waals surface area contributed by atoms with Gasteiger partial charge in [0.1, 0.15) is 0 Å². The van der Waals surface area contributed by atoms with Gasteiger partial charge in [-0.25, -0.2) is 0 Å². The van der Waals surface area contributed by atoms with E-state index in [1.54, 1.807) is 0 Å². The minimum absolute atomic E-state index is 0.769. The molecule has 2 nitrogen and oxygen atoms in total. The molecule has 1 aromatic carbocycles. The van der Waals surface area contributed by atoms with Crippen LogP contribution in [0.4, 0.5) is 5.69 Å². The Morgan fingerprint density at radius 2 is 2.00 bits per heavy atom. The van der Waals surface area contributed by atoms with Gasteiger partial charge in [0.2, 0.25) is 0 Å². The second-order valence-electron chi connectivity index (χ2n) is 4.35. The molecule has 2 heteroatoms. The summed E-state index contributed by atoms with van der Waals surface area (Å²) in [5, 5.41) is 3.37. The van der Waals surface area contributed by atoms with E-state index < -0.39 is 0 Å². The summed E-state index contributed by atoms with van der Waals surface area (Å²) in [6.07, 6.45) is 2.64. The minimum atomic E-state index is 0.769. The molecular weight excluding hydrogens is 208 g/mol. The molecule has 0 saturated carbocycles. The fourth-order valence-electron chi connectivity index (χ4n) is 2.27. The van der Waals surface area contributed by atoms with Crippen LogP contribution in [0.15, 0.2) is 24.3 Å². The van der Waals surface area contributed by atoms with Gasteiger partial charge < -0.3 is 10.2 Å². The van der Waals surface area contributed by atoms with Crippen LogP contribution in [0.3, 0.4) is 0 Å². The molecule has 17 heavy (non-hydrogen) atoms. The van der Waals surface area contributed by atoms with Crippen LogP contribution in [-0.2, 0) is 6.54 Å². The van der Waals surface area contributed by atoms with E-state index >= 15 is 0 Å². The normalized spacial score (nSPS) is 14.5. The highest BCUT2D eigenvalue weighted by Gasteiger charge is 2.14. The molecule has 1 fully saturated rings. The van der Waals surface area contributed by atoms with Crippen molar-refractivity contribution in [1.82, 2.24) is 5.32 Å². The van der Waals surface area contributed by atoms with Crippen molar-refractivity contribution >= 4 is 5.69 Å². The molecule has 0 radical (unpaired) electrons. The third kappa shape index (κ3) is 3.25. The van der Waals surface area contributed by atoms with Crippen molar-refractivity contribution in [1.29, 1.82) is 0 Å². The molecule has 1 N–H and O–H groups in total. The Morgan fingerprint density at radius 3 is 2.76 bits per heavy atom. The average molecular weight is 228 g/mol. The van der Waals surface area contributed by atoms with Gasteiger partial charge in [0.15, 0.2) is 0 Å². The van der Waals surface area contributed by atoms with E-state index in [-0.39, 0.29) is 0 Å². The van der Waals surface area contributed by atoms with Gasteiger partial charge >= 0.3 is 0 Å². The van der Waals surface area contributed by atoms with Crippen LogP contribution in [0, 0.1) is 11.8 Å². The highest BCUT2D eigenvalue weighted by molar-refractivity contribution is 5.54. The van der Waals surface area contributed by atoms with Crippen molar-refractivity contribution in [3.05, 3.63) is 29.8 Å². The summed E-state index contributed by atoms with van der Waals surface area (Å²) in [5.41, 5.74) is 2.77. The van der Waals surface area contributed by atoms with E-state index in [2.05, 4.69) is 46.3 Å². The summed E-state index contributed by atoms with van der Waals surface area (Å²) in [4.78, 5) is 2.49. The van der Waals surface area contributed by atoms with Crippen molar-refractivity contribution in [3.8, 4) is 11.8 Å². The maximum absolute atomic E-state index is 3.37. The Hall–Kier alpha value is -1.46. The van der Waals surface area contributed by atoms with Crippen molar-refractivity contribution < 1.29 is 0 Å². The zero-order valence-electron chi connectivity index (χ0n) is 10.5. The number of anilines is 1. The topological polar surface area (TPSA) is 15.3 Å². The Morgan fingerprint density at radius 1 is 1.24 bits per heavy atom. The third-order valence-electron chi connectivity index (χ3n) is 3.14. The zero-order valence-corrected chi connectivity index (χ0v) is 10.5. The smallest absolute Gasteiger partial charge is 0.0579 e. The summed E-state index contributed by atoms with van der Waals surface area (Å²) in [5.74, 6) is 5.93. The van der Waals surface area contributed by atoms with E-state index in [9.17, 15) is 0 Å². The first-order valence-corrected chi connectivity index (χ1v) is 6.35. The van der Waals surface area contributed by atoms with Crippen molar-refractivity contribution in [2.24, 2.45) is 0 Å². The zero-order chi connectivity index (χ0) is 11.9. The minimum Gasteiger partial charge on any atom is -0.371 e. The van der Waals surface area contributed by atoms with E-state index in [0.717, 1.165) is 13.1 Å². The van der Waals surface area contributed by atoms with Crippen LogP contribution in [0.5, 0.6) is 0 Å². The quantitative estimate of drug-likeness (QED) is 0.629. The summed E-state index contributed by atoms with van der Waals surface area (Å²) < 4.78 is 0. The molecule has 0 spiro atoms. The summed E-state index contributed by atoms with van der Waals surface area (Å²) >= 11 is 0. The average Bonchev–Trinajstić information content (AvgIpc) is 2.89. The first kappa shape index (κ1) is 12.0. The van der Waals surface area contributed by atoms with Gasteiger partial charge in [0, 0.05) is 25.3 Å². The molecule has 0 atom stereocenters. The Labute approximate surface area is 104 Å². The molecule has 0 amide bonds. The van der Waals surface area contributed by atoms with E-state index in [4.69, 9.17) is 0 Å². The lowest BCUT2D eigenvalue weighted by atomic mass is 10.1. The maximum Gasteiger partial charge on any atom is 0.0579 e. The van der Waals surface area contributed by atoms with Gasteiger partial charge in [-0.2, -0.15) is 0 Å². The Kier molecular flexibility index (Phi) is 4.46. The second kappa shape index (κ2) is 6.32. The fourth-order valence-corrected chi connectivity index (χ4v) is 2.27. The molecule has 0 aromatic heterocycles. The van der Waals surface area contributed by atoms with Gasteiger partial charge in [-0.3, -0.25) is 0 Å². The summed E-state index contributed by atoms with van der Waals surface area (Å²) in [6.45, 7) is 5.95. The van der Waals surface area contributed by atoms with Crippen LogP contribution < -0.4 is 10.2 Å². The van der Waals surface area contributed by atoms with Crippen molar-refractivity contribution in [2.45, 2.75) is 26.3 Å². The summed E-state index contributed by atoms with van der Waals surface area (Å²) in [7, 11) is 0. The molecule has 0 bridgehead atoms. The van der Waals surface area contributed by atoms with Gasteiger partial charge in [0.25, 0.3) is 0 Å².